The van der Waals surface area contributed by atoms with Crippen molar-refractivity contribution in [2.24, 2.45) is 0 Å². The molecule has 1 aromatic carbocycles. The number of carbonyl (C=O) groups excluding carboxylic acids is 1. The Morgan fingerprint density at radius 3 is 2.24 bits per heavy atom. The van der Waals surface area contributed by atoms with Gasteiger partial charge in [0.05, 0.1) is 12.3 Å². The lowest BCUT2D eigenvalue weighted by molar-refractivity contribution is 0.0746. The molecule has 8 nitrogen and oxygen atoms in total. The highest BCUT2D eigenvalue weighted by atomic mass is 16.5. The van der Waals surface area contributed by atoms with Crippen molar-refractivity contribution in [1.82, 2.24) is 24.9 Å². The summed E-state index contributed by atoms with van der Waals surface area (Å²) >= 11 is 0. The molecule has 0 radical (unpaired) electrons. The first kappa shape index (κ1) is 18.9. The first-order valence-corrected chi connectivity index (χ1v) is 9.77. The molecule has 1 aliphatic rings. The largest absolute Gasteiger partial charge is 0.494 e. The molecular weight excluding hydrogens is 368 g/mol. The second-order valence-corrected chi connectivity index (χ2v) is 6.89. The second-order valence-electron chi connectivity index (χ2n) is 6.89. The van der Waals surface area contributed by atoms with Gasteiger partial charge in [-0.2, -0.15) is 5.10 Å². The van der Waals surface area contributed by atoms with Crippen molar-refractivity contribution >= 4 is 11.7 Å². The summed E-state index contributed by atoms with van der Waals surface area (Å²) in [6.45, 7) is 7.22. The maximum atomic E-state index is 12.7. The van der Waals surface area contributed by atoms with Crippen LogP contribution in [0.3, 0.4) is 0 Å². The van der Waals surface area contributed by atoms with E-state index in [1.165, 1.54) is 0 Å². The summed E-state index contributed by atoms with van der Waals surface area (Å²) in [5.74, 6) is 2.32. The number of hydrogen-bond donors (Lipinski definition) is 0. The number of benzene rings is 1. The molecule has 0 atom stereocenters. The number of aromatic nitrogens is 4. The van der Waals surface area contributed by atoms with E-state index >= 15 is 0 Å². The van der Waals surface area contributed by atoms with E-state index in [1.54, 1.807) is 4.68 Å². The maximum Gasteiger partial charge on any atom is 0.253 e. The van der Waals surface area contributed by atoms with Gasteiger partial charge in [0, 0.05) is 37.9 Å². The zero-order valence-corrected chi connectivity index (χ0v) is 16.7. The van der Waals surface area contributed by atoms with Crippen LogP contribution in [-0.4, -0.2) is 63.6 Å². The van der Waals surface area contributed by atoms with Crippen molar-refractivity contribution in [3.8, 4) is 11.6 Å². The Balaban J connectivity index is 1.35. The van der Waals surface area contributed by atoms with Gasteiger partial charge in [-0.1, -0.05) is 0 Å². The molecule has 29 heavy (non-hydrogen) atoms. The van der Waals surface area contributed by atoms with E-state index in [0.717, 1.165) is 30.4 Å². The Labute approximate surface area is 169 Å². The third-order valence-electron chi connectivity index (χ3n) is 4.90. The van der Waals surface area contributed by atoms with Gasteiger partial charge in [-0.25, -0.2) is 4.68 Å². The van der Waals surface area contributed by atoms with Gasteiger partial charge in [-0.05, 0) is 56.3 Å². The van der Waals surface area contributed by atoms with E-state index in [4.69, 9.17) is 4.74 Å². The zero-order chi connectivity index (χ0) is 20.2. The monoisotopic (exact) mass is 392 g/mol. The number of carbonyl (C=O) groups is 1. The van der Waals surface area contributed by atoms with E-state index in [2.05, 4.69) is 20.2 Å². The Morgan fingerprint density at radius 1 is 0.966 bits per heavy atom. The summed E-state index contributed by atoms with van der Waals surface area (Å²) in [6.07, 6.45) is 1.87. The van der Waals surface area contributed by atoms with Gasteiger partial charge in [0.2, 0.25) is 0 Å². The van der Waals surface area contributed by atoms with Gasteiger partial charge in [-0.15, -0.1) is 10.2 Å². The van der Waals surface area contributed by atoms with Crippen LogP contribution >= 0.6 is 0 Å². The molecule has 1 aliphatic heterocycles. The zero-order valence-electron chi connectivity index (χ0n) is 16.7. The van der Waals surface area contributed by atoms with E-state index in [0.29, 0.717) is 31.1 Å². The van der Waals surface area contributed by atoms with Crippen molar-refractivity contribution in [1.29, 1.82) is 0 Å². The van der Waals surface area contributed by atoms with Crippen molar-refractivity contribution in [2.45, 2.75) is 13.8 Å². The first-order chi connectivity index (χ1) is 14.1. The van der Waals surface area contributed by atoms with Crippen LogP contribution in [0.4, 0.5) is 5.82 Å². The Bertz CT molecular complexity index is 960. The van der Waals surface area contributed by atoms with Gasteiger partial charge in [0.15, 0.2) is 11.6 Å². The summed E-state index contributed by atoms with van der Waals surface area (Å²) < 4.78 is 7.14. The molecule has 0 N–H and O–H groups in total. The van der Waals surface area contributed by atoms with Crippen LogP contribution in [-0.2, 0) is 0 Å². The lowest BCUT2D eigenvalue weighted by Crippen LogP contribution is -2.49. The van der Waals surface area contributed by atoms with Crippen LogP contribution < -0.4 is 9.64 Å². The summed E-state index contributed by atoms with van der Waals surface area (Å²) in [5.41, 5.74) is 1.62. The van der Waals surface area contributed by atoms with E-state index in [-0.39, 0.29) is 5.91 Å². The number of ether oxygens (including phenoxy) is 1. The second kappa shape index (κ2) is 8.30. The normalized spacial score (nSPS) is 14.1. The number of nitrogens with zero attached hydrogens (tertiary/aromatic N) is 6. The molecule has 0 spiro atoms. The van der Waals surface area contributed by atoms with Gasteiger partial charge < -0.3 is 14.5 Å². The van der Waals surface area contributed by atoms with Crippen LogP contribution in [0.2, 0.25) is 0 Å². The maximum absolute atomic E-state index is 12.7. The highest BCUT2D eigenvalue weighted by Gasteiger charge is 2.23. The number of anilines is 1. The minimum Gasteiger partial charge on any atom is -0.494 e. The van der Waals surface area contributed by atoms with Crippen molar-refractivity contribution in [2.75, 3.05) is 37.7 Å². The van der Waals surface area contributed by atoms with Gasteiger partial charge >= 0.3 is 0 Å². The average molecular weight is 392 g/mol. The summed E-state index contributed by atoms with van der Waals surface area (Å²) in [6, 6.07) is 13.1. The first-order valence-electron chi connectivity index (χ1n) is 9.77. The molecule has 0 saturated carbocycles. The van der Waals surface area contributed by atoms with Crippen LogP contribution in [0.1, 0.15) is 23.0 Å². The topological polar surface area (TPSA) is 76.4 Å². The Morgan fingerprint density at radius 2 is 1.66 bits per heavy atom. The Kier molecular flexibility index (Phi) is 5.41. The van der Waals surface area contributed by atoms with E-state index in [9.17, 15) is 4.79 Å². The summed E-state index contributed by atoms with van der Waals surface area (Å²) in [7, 11) is 0. The average Bonchev–Trinajstić information content (AvgIpc) is 3.21. The molecule has 1 fully saturated rings. The molecule has 1 amide bonds. The quantitative estimate of drug-likeness (QED) is 0.663. The lowest BCUT2D eigenvalue weighted by atomic mass is 10.1. The molecular formula is C21H24N6O2. The molecule has 0 unspecified atom stereocenters. The fourth-order valence-electron chi connectivity index (χ4n) is 3.33. The number of amides is 1. The fourth-order valence-corrected chi connectivity index (χ4v) is 3.33. The van der Waals surface area contributed by atoms with E-state index in [1.807, 2.05) is 67.4 Å². The van der Waals surface area contributed by atoms with Crippen LogP contribution in [0, 0.1) is 6.92 Å². The van der Waals surface area contributed by atoms with Gasteiger partial charge in [0.1, 0.15) is 5.75 Å². The molecule has 2 aromatic heterocycles. The highest BCUT2D eigenvalue weighted by Crippen LogP contribution is 2.17. The third-order valence-corrected chi connectivity index (χ3v) is 4.90. The molecule has 150 valence electrons. The van der Waals surface area contributed by atoms with Crippen molar-refractivity contribution in [3.05, 3.63) is 59.9 Å². The molecule has 0 bridgehead atoms. The summed E-state index contributed by atoms with van der Waals surface area (Å²) in [4.78, 5) is 16.8. The minimum absolute atomic E-state index is 0.0446. The van der Waals surface area contributed by atoms with Crippen molar-refractivity contribution < 1.29 is 9.53 Å². The predicted molar refractivity (Wildman–Crippen MR) is 110 cm³/mol. The fraction of sp³-hybridized carbons (Fsp3) is 0.333. The molecule has 3 aromatic rings. The van der Waals surface area contributed by atoms with Crippen LogP contribution in [0.5, 0.6) is 5.75 Å². The van der Waals surface area contributed by atoms with Gasteiger partial charge in [-0.3, -0.25) is 4.79 Å². The molecule has 1 saturated heterocycles. The van der Waals surface area contributed by atoms with E-state index < -0.39 is 0 Å². The predicted octanol–water partition coefficient (Wildman–Crippen LogP) is 2.33. The number of hydrogen-bond acceptors (Lipinski definition) is 6. The van der Waals surface area contributed by atoms with Crippen LogP contribution in [0.25, 0.3) is 5.82 Å². The molecule has 4 rings (SSSR count). The molecule has 8 heteroatoms. The third kappa shape index (κ3) is 4.21. The number of aryl methyl sites for hydroxylation is 1. The highest BCUT2D eigenvalue weighted by molar-refractivity contribution is 5.94. The molecule has 3 heterocycles. The number of piperazine rings is 1. The standard InChI is InChI=1S/C21H24N6O2/c1-3-29-18-6-4-17(5-7-18)21(28)26-14-12-25(13-15-26)19-8-9-20(23-22-19)27-11-10-16(2)24-27/h4-11H,3,12-15H2,1-2H3. The Hall–Kier alpha value is -3.42. The smallest absolute Gasteiger partial charge is 0.253 e. The number of rotatable bonds is 5. The molecule has 0 aliphatic carbocycles. The van der Waals surface area contributed by atoms with Crippen LogP contribution in [0.15, 0.2) is 48.7 Å². The SMILES string of the molecule is CCOc1ccc(C(=O)N2CCN(c3ccc(-n4ccc(C)n4)nn3)CC2)cc1. The summed E-state index contributed by atoms with van der Waals surface area (Å²) in [5, 5.41) is 13.0. The van der Waals surface area contributed by atoms with Gasteiger partial charge in [0.25, 0.3) is 5.91 Å². The minimum atomic E-state index is 0.0446. The lowest BCUT2D eigenvalue weighted by Gasteiger charge is -2.35. The van der Waals surface area contributed by atoms with Crippen molar-refractivity contribution in [3.63, 3.8) is 0 Å².